The fourth-order valence-electron chi connectivity index (χ4n) is 4.21. The van der Waals surface area contributed by atoms with E-state index in [9.17, 15) is 4.79 Å². The number of anilines is 3. The molecule has 9 heteroatoms. The highest BCUT2D eigenvalue weighted by Gasteiger charge is 2.18. The molecule has 1 fully saturated rings. The highest BCUT2D eigenvalue weighted by molar-refractivity contribution is 5.77. The van der Waals surface area contributed by atoms with Crippen LogP contribution >= 0.6 is 0 Å². The van der Waals surface area contributed by atoms with E-state index in [-0.39, 0.29) is 5.56 Å². The molecule has 0 amide bonds. The molecule has 0 saturated carbocycles. The lowest BCUT2D eigenvalue weighted by molar-refractivity contribution is 0.588. The second kappa shape index (κ2) is 8.87. The molecule has 0 spiro atoms. The predicted molar refractivity (Wildman–Crippen MR) is 131 cm³/mol. The Morgan fingerprint density at radius 2 is 2.03 bits per heavy atom. The molecule has 0 bridgehead atoms. The van der Waals surface area contributed by atoms with Crippen LogP contribution in [-0.4, -0.2) is 50.5 Å². The van der Waals surface area contributed by atoms with Gasteiger partial charge in [-0.2, -0.15) is 4.98 Å². The van der Waals surface area contributed by atoms with Crippen molar-refractivity contribution in [2.75, 3.05) is 36.4 Å². The average molecular weight is 443 g/mol. The molecule has 0 unspecified atom stereocenters. The second-order valence-electron chi connectivity index (χ2n) is 7.97. The third-order valence-electron chi connectivity index (χ3n) is 5.75. The molecule has 33 heavy (non-hydrogen) atoms. The fraction of sp³-hybridized carbons (Fsp3) is 0.250. The topological polar surface area (TPSA) is 92.9 Å². The van der Waals surface area contributed by atoms with Crippen molar-refractivity contribution in [3.05, 3.63) is 77.4 Å². The first-order valence-electron chi connectivity index (χ1n) is 11.0. The highest BCUT2D eigenvalue weighted by Crippen LogP contribution is 2.25. The first kappa shape index (κ1) is 20.9. The number of nitrogens with one attached hydrogen (secondary N) is 2. The lowest BCUT2D eigenvalue weighted by Gasteiger charge is -2.30. The Morgan fingerprint density at radius 3 is 2.76 bits per heavy atom. The summed E-state index contributed by atoms with van der Waals surface area (Å²) >= 11 is 0. The lowest BCUT2D eigenvalue weighted by Crippen LogP contribution is -2.43. The van der Waals surface area contributed by atoms with Crippen molar-refractivity contribution < 1.29 is 0 Å². The minimum absolute atomic E-state index is 0.182. The van der Waals surface area contributed by atoms with Gasteiger partial charge in [-0.1, -0.05) is 12.1 Å². The molecule has 1 aromatic carbocycles. The van der Waals surface area contributed by atoms with Gasteiger partial charge in [-0.05, 0) is 42.8 Å². The average Bonchev–Trinajstić information content (AvgIpc) is 3.11. The molecule has 0 radical (unpaired) electrons. The molecule has 4 aromatic rings. The molecule has 1 saturated heterocycles. The van der Waals surface area contributed by atoms with E-state index in [2.05, 4.69) is 56.1 Å². The summed E-state index contributed by atoms with van der Waals surface area (Å²) in [5.74, 6) is 1.02. The molecule has 168 valence electrons. The standard InChI is InChI=1S/C24H26N8O/c1-3-12-31-23(33)19-16-27-24(29-22(19)32(31)21-6-4-5-9-26-21)28-18-7-8-20(17(2)15-18)30-13-10-25-11-14-30/h3-9,15-16,25H,1,10-14H2,2H3,(H,27,28,29). The van der Waals surface area contributed by atoms with E-state index in [0.717, 1.165) is 31.9 Å². The maximum absolute atomic E-state index is 13.0. The van der Waals surface area contributed by atoms with Gasteiger partial charge < -0.3 is 15.5 Å². The van der Waals surface area contributed by atoms with Gasteiger partial charge in [0.05, 0.1) is 6.54 Å². The predicted octanol–water partition coefficient (Wildman–Crippen LogP) is 2.62. The maximum Gasteiger partial charge on any atom is 0.278 e. The number of fused-ring (bicyclic) bond motifs is 1. The van der Waals surface area contributed by atoms with Crippen LogP contribution in [0.2, 0.25) is 0 Å². The second-order valence-corrected chi connectivity index (χ2v) is 7.97. The zero-order chi connectivity index (χ0) is 22.8. The SMILES string of the molecule is C=CCn1c(=O)c2cnc(Nc3ccc(N4CCNCC4)c(C)c3)nc2n1-c1ccccn1. The third-order valence-corrected chi connectivity index (χ3v) is 5.75. The van der Waals surface area contributed by atoms with Gasteiger partial charge in [0.15, 0.2) is 11.5 Å². The van der Waals surface area contributed by atoms with Crippen molar-refractivity contribution in [1.29, 1.82) is 0 Å². The summed E-state index contributed by atoms with van der Waals surface area (Å²) < 4.78 is 3.27. The van der Waals surface area contributed by atoms with Gasteiger partial charge in [-0.3, -0.25) is 4.79 Å². The van der Waals surface area contributed by atoms with Crippen LogP contribution in [0.3, 0.4) is 0 Å². The van der Waals surface area contributed by atoms with Crippen molar-refractivity contribution in [2.45, 2.75) is 13.5 Å². The van der Waals surface area contributed by atoms with Crippen molar-refractivity contribution in [2.24, 2.45) is 0 Å². The van der Waals surface area contributed by atoms with Crippen LogP contribution in [0.1, 0.15) is 5.56 Å². The van der Waals surface area contributed by atoms with E-state index < -0.39 is 0 Å². The van der Waals surface area contributed by atoms with E-state index in [0.29, 0.717) is 29.3 Å². The van der Waals surface area contributed by atoms with Crippen LogP contribution in [0.4, 0.5) is 17.3 Å². The number of benzene rings is 1. The molecular formula is C24H26N8O. The van der Waals surface area contributed by atoms with E-state index in [4.69, 9.17) is 0 Å². The Kier molecular flexibility index (Phi) is 5.62. The van der Waals surface area contributed by atoms with Gasteiger partial charge in [0.25, 0.3) is 5.56 Å². The molecule has 9 nitrogen and oxygen atoms in total. The summed E-state index contributed by atoms with van der Waals surface area (Å²) in [6.07, 6.45) is 4.93. The number of piperazine rings is 1. The molecule has 1 aliphatic heterocycles. The van der Waals surface area contributed by atoms with Gasteiger partial charge in [0, 0.05) is 49.9 Å². The number of aryl methyl sites for hydroxylation is 1. The number of aromatic nitrogens is 5. The Balaban J connectivity index is 1.51. The third kappa shape index (κ3) is 3.98. The van der Waals surface area contributed by atoms with Crippen molar-refractivity contribution >= 4 is 28.4 Å². The summed E-state index contributed by atoms with van der Waals surface area (Å²) in [6, 6.07) is 11.8. The van der Waals surface area contributed by atoms with E-state index in [1.807, 2.05) is 24.3 Å². The van der Waals surface area contributed by atoms with E-state index in [1.165, 1.54) is 11.3 Å². The van der Waals surface area contributed by atoms with Crippen molar-refractivity contribution in [3.63, 3.8) is 0 Å². The maximum atomic E-state index is 13.0. The summed E-state index contributed by atoms with van der Waals surface area (Å²) in [6.45, 7) is 10.2. The minimum atomic E-state index is -0.182. The molecule has 3 aromatic heterocycles. The van der Waals surface area contributed by atoms with Gasteiger partial charge >= 0.3 is 0 Å². The zero-order valence-electron chi connectivity index (χ0n) is 18.5. The Morgan fingerprint density at radius 1 is 1.18 bits per heavy atom. The first-order valence-corrected chi connectivity index (χ1v) is 11.0. The highest BCUT2D eigenvalue weighted by atomic mass is 16.1. The van der Waals surface area contributed by atoms with Gasteiger partial charge in [-0.15, -0.1) is 6.58 Å². The molecule has 0 atom stereocenters. The largest absolute Gasteiger partial charge is 0.369 e. The first-order chi connectivity index (χ1) is 16.2. The van der Waals surface area contributed by atoms with Crippen LogP contribution in [0.5, 0.6) is 0 Å². The number of pyridine rings is 1. The van der Waals surface area contributed by atoms with E-state index >= 15 is 0 Å². The monoisotopic (exact) mass is 442 g/mol. The van der Waals surface area contributed by atoms with Gasteiger partial charge in [0.1, 0.15) is 5.39 Å². The Bertz CT molecular complexity index is 1350. The molecule has 5 rings (SSSR count). The van der Waals surface area contributed by atoms with Crippen LogP contribution in [0.25, 0.3) is 16.9 Å². The number of hydrogen-bond acceptors (Lipinski definition) is 7. The normalized spacial score (nSPS) is 13.9. The lowest BCUT2D eigenvalue weighted by atomic mass is 10.1. The number of nitrogens with zero attached hydrogens (tertiary/aromatic N) is 6. The van der Waals surface area contributed by atoms with Crippen LogP contribution < -0.4 is 21.1 Å². The van der Waals surface area contributed by atoms with Crippen molar-refractivity contribution in [1.82, 2.24) is 29.6 Å². The minimum Gasteiger partial charge on any atom is -0.369 e. The Labute approximate surface area is 191 Å². The molecule has 4 heterocycles. The number of rotatable bonds is 6. The summed E-state index contributed by atoms with van der Waals surface area (Å²) in [5.41, 5.74) is 3.63. The van der Waals surface area contributed by atoms with Crippen LogP contribution in [-0.2, 0) is 6.54 Å². The summed E-state index contributed by atoms with van der Waals surface area (Å²) in [4.78, 5) is 28.9. The molecular weight excluding hydrogens is 416 g/mol. The van der Waals surface area contributed by atoms with E-state index in [1.54, 1.807) is 27.8 Å². The number of hydrogen-bond donors (Lipinski definition) is 2. The fourth-order valence-corrected chi connectivity index (χ4v) is 4.21. The Hall–Kier alpha value is -3.98. The smallest absolute Gasteiger partial charge is 0.278 e. The summed E-state index contributed by atoms with van der Waals surface area (Å²) in [7, 11) is 0. The van der Waals surface area contributed by atoms with Crippen molar-refractivity contribution in [3.8, 4) is 5.82 Å². The zero-order valence-corrected chi connectivity index (χ0v) is 18.5. The van der Waals surface area contributed by atoms with Crippen LogP contribution in [0.15, 0.2) is 66.2 Å². The molecule has 2 N–H and O–H groups in total. The summed E-state index contributed by atoms with van der Waals surface area (Å²) in [5, 5.41) is 7.10. The van der Waals surface area contributed by atoms with Gasteiger partial charge in [-0.25, -0.2) is 19.3 Å². The molecule has 0 aliphatic carbocycles. The van der Waals surface area contributed by atoms with Crippen LogP contribution in [0, 0.1) is 6.92 Å². The van der Waals surface area contributed by atoms with Gasteiger partial charge in [0.2, 0.25) is 5.95 Å². The number of allylic oxidation sites excluding steroid dienone is 1. The quantitative estimate of drug-likeness (QED) is 0.444. The molecule has 1 aliphatic rings.